The molecule has 6 heteroatoms. The van der Waals surface area contributed by atoms with Crippen LogP contribution in [0.25, 0.3) is 0 Å². The van der Waals surface area contributed by atoms with E-state index in [2.05, 4.69) is 0 Å². The number of aromatic amines is 2. The Bertz CT molecular complexity index is 311. The lowest BCUT2D eigenvalue weighted by atomic mass is 11.0. The van der Waals surface area contributed by atoms with Crippen LogP contribution in [0.15, 0.2) is 15.9 Å². The molecule has 9 heavy (non-hydrogen) atoms. The molecular weight excluding hydrogens is 126 g/mol. The molecule has 2 N–H and O–H groups in total. The number of nitrogens with one attached hydrogen (secondary N) is 2. The maximum absolute atomic E-state index is 10.2. The lowest BCUT2D eigenvalue weighted by molar-refractivity contribution is -0.628. The van der Waals surface area contributed by atoms with Crippen LogP contribution >= 0.6 is 0 Å². The Morgan fingerprint density at radius 3 is 2.67 bits per heavy atom. The van der Waals surface area contributed by atoms with Gasteiger partial charge in [-0.2, -0.15) is 4.98 Å². The van der Waals surface area contributed by atoms with Crippen molar-refractivity contribution in [1.82, 2.24) is 9.97 Å². The van der Waals surface area contributed by atoms with Crippen LogP contribution in [-0.2, 0) is 0 Å². The molecule has 48 valence electrons. The van der Waals surface area contributed by atoms with Gasteiger partial charge in [0.1, 0.15) is 0 Å². The summed E-state index contributed by atoms with van der Waals surface area (Å²) < 4.78 is -0.0125. The van der Waals surface area contributed by atoms with E-state index >= 15 is 0 Å². The predicted octanol–water partition coefficient (Wildman–Crippen LogP) is -2.30. The maximum atomic E-state index is 10.2. The van der Waals surface area contributed by atoms with Crippen LogP contribution in [0, 0.1) is 5.21 Å². The van der Waals surface area contributed by atoms with E-state index in [1.807, 2.05) is 4.98 Å². The monoisotopic (exact) mass is 129 g/mol. The largest absolute Gasteiger partial charge is 0.738 e. The summed E-state index contributed by atoms with van der Waals surface area (Å²) in [6.45, 7) is 0. The van der Waals surface area contributed by atoms with Crippen molar-refractivity contribution in [2.24, 2.45) is 0 Å². The highest BCUT2D eigenvalue weighted by Crippen LogP contribution is 1.39. The number of hydrogen-bond donors (Lipinski definition) is 2. The van der Waals surface area contributed by atoms with Crippen LogP contribution in [0.2, 0.25) is 0 Å². The summed E-state index contributed by atoms with van der Waals surface area (Å²) in [4.78, 5) is 24.1. The van der Waals surface area contributed by atoms with E-state index in [-0.39, 0.29) is 4.73 Å². The Hall–Kier alpha value is -1.59. The molecule has 0 fully saturated rings. The number of hydrogen-bond acceptors (Lipinski definition) is 3. The summed E-state index contributed by atoms with van der Waals surface area (Å²) in [7, 11) is 0. The van der Waals surface area contributed by atoms with Crippen LogP contribution in [0.1, 0.15) is 0 Å². The molecule has 0 radical (unpaired) electrons. The molecule has 0 unspecified atom stereocenters. The SMILES string of the molecule is O=c1[nH]c[n+]([O-])c(=O)[nH]1. The quantitative estimate of drug-likeness (QED) is 0.304. The molecule has 1 heterocycles. The summed E-state index contributed by atoms with van der Waals surface area (Å²) in [6, 6.07) is 0. The lowest BCUT2D eigenvalue weighted by Crippen LogP contribution is -2.49. The van der Waals surface area contributed by atoms with Crippen molar-refractivity contribution < 1.29 is 4.73 Å². The molecule has 0 bridgehead atoms. The van der Waals surface area contributed by atoms with Gasteiger partial charge in [-0.3, -0.25) is 0 Å². The van der Waals surface area contributed by atoms with Crippen LogP contribution < -0.4 is 16.1 Å². The average molecular weight is 129 g/mol. The number of rotatable bonds is 0. The van der Waals surface area contributed by atoms with Crippen molar-refractivity contribution in [2.75, 3.05) is 0 Å². The first kappa shape index (κ1) is 5.54. The molecule has 0 saturated carbocycles. The van der Waals surface area contributed by atoms with E-state index in [1.165, 1.54) is 0 Å². The van der Waals surface area contributed by atoms with Crippen molar-refractivity contribution in [3.05, 3.63) is 32.5 Å². The van der Waals surface area contributed by atoms with Gasteiger partial charge in [0.25, 0.3) is 0 Å². The van der Waals surface area contributed by atoms with Gasteiger partial charge in [-0.1, -0.05) is 0 Å². The molecule has 0 aliphatic heterocycles. The number of aromatic nitrogens is 3. The van der Waals surface area contributed by atoms with Gasteiger partial charge in [-0.15, -0.1) is 0 Å². The van der Waals surface area contributed by atoms with Crippen molar-refractivity contribution >= 4 is 0 Å². The highest BCUT2D eigenvalue weighted by atomic mass is 16.5. The van der Waals surface area contributed by atoms with Crippen molar-refractivity contribution in [3.8, 4) is 0 Å². The standard InChI is InChI=1S/C3H3N3O3/c7-2-4-1-6(9)3(8)5-2/h1H,(H2,4,5,7,8). The first-order valence-electron chi connectivity index (χ1n) is 2.11. The van der Waals surface area contributed by atoms with E-state index in [0.29, 0.717) is 0 Å². The number of H-pyrrole nitrogens is 2. The van der Waals surface area contributed by atoms with E-state index in [1.54, 1.807) is 4.98 Å². The summed E-state index contributed by atoms with van der Waals surface area (Å²) >= 11 is 0. The molecule has 1 aromatic rings. The average Bonchev–Trinajstić information content (AvgIpc) is 1.80. The first-order chi connectivity index (χ1) is 4.20. The van der Waals surface area contributed by atoms with Gasteiger partial charge in [0.15, 0.2) is 6.33 Å². The summed E-state index contributed by atoms with van der Waals surface area (Å²) in [5.41, 5.74) is -1.66. The third-order valence-electron chi connectivity index (χ3n) is 0.734. The van der Waals surface area contributed by atoms with Crippen LogP contribution in [-0.4, -0.2) is 9.97 Å². The topological polar surface area (TPSA) is 92.7 Å². The number of nitrogens with zero attached hydrogens (tertiary/aromatic N) is 1. The lowest BCUT2D eigenvalue weighted by Gasteiger charge is -1.93. The highest BCUT2D eigenvalue weighted by Gasteiger charge is 1.91. The Morgan fingerprint density at radius 2 is 2.22 bits per heavy atom. The minimum Gasteiger partial charge on any atom is -0.738 e. The highest BCUT2D eigenvalue weighted by molar-refractivity contribution is 4.50. The summed E-state index contributed by atoms with van der Waals surface area (Å²) in [5.74, 6) is 0. The molecule has 0 atom stereocenters. The minimum atomic E-state index is -0.973. The van der Waals surface area contributed by atoms with Gasteiger partial charge in [0.05, 0.1) is 0 Å². The predicted molar refractivity (Wildman–Crippen MR) is 26.6 cm³/mol. The summed E-state index contributed by atoms with van der Waals surface area (Å²) in [5, 5.41) is 10.2. The fourth-order valence-corrected chi connectivity index (χ4v) is 0.364. The molecule has 0 saturated heterocycles. The first-order valence-corrected chi connectivity index (χ1v) is 2.11. The van der Waals surface area contributed by atoms with Crippen molar-refractivity contribution in [2.45, 2.75) is 0 Å². The van der Waals surface area contributed by atoms with Crippen molar-refractivity contribution in [1.29, 1.82) is 0 Å². The molecule has 1 aromatic heterocycles. The van der Waals surface area contributed by atoms with Crippen LogP contribution in [0.3, 0.4) is 0 Å². The second-order valence-corrected chi connectivity index (χ2v) is 1.36. The molecule has 0 amide bonds. The molecule has 0 spiro atoms. The van der Waals surface area contributed by atoms with Crippen LogP contribution in [0.5, 0.6) is 0 Å². The van der Waals surface area contributed by atoms with E-state index in [4.69, 9.17) is 0 Å². The van der Waals surface area contributed by atoms with Crippen LogP contribution in [0.4, 0.5) is 0 Å². The fourth-order valence-electron chi connectivity index (χ4n) is 0.364. The normalized spacial score (nSPS) is 9.33. The Kier molecular flexibility index (Phi) is 1.07. The maximum Gasteiger partial charge on any atom is 0.446 e. The van der Waals surface area contributed by atoms with Gasteiger partial charge in [-0.05, 0) is 0 Å². The second kappa shape index (κ2) is 1.73. The Morgan fingerprint density at radius 1 is 1.56 bits per heavy atom. The third-order valence-corrected chi connectivity index (χ3v) is 0.734. The zero-order valence-electron chi connectivity index (χ0n) is 4.25. The molecule has 0 aromatic carbocycles. The fraction of sp³-hybridized carbons (Fsp3) is 0. The molecule has 6 nitrogen and oxygen atoms in total. The van der Waals surface area contributed by atoms with Gasteiger partial charge < -0.3 is 5.21 Å². The zero-order valence-corrected chi connectivity index (χ0v) is 4.25. The van der Waals surface area contributed by atoms with Gasteiger partial charge in [0.2, 0.25) is 0 Å². The van der Waals surface area contributed by atoms with E-state index in [9.17, 15) is 14.8 Å². The molecule has 0 aliphatic rings. The molecule has 0 aliphatic carbocycles. The molecule has 1 rings (SSSR count). The van der Waals surface area contributed by atoms with Gasteiger partial charge >= 0.3 is 11.4 Å². The third kappa shape index (κ3) is 0.958. The summed E-state index contributed by atoms with van der Waals surface area (Å²) in [6.07, 6.45) is 0.737. The second-order valence-electron chi connectivity index (χ2n) is 1.36. The van der Waals surface area contributed by atoms with Crippen molar-refractivity contribution in [3.63, 3.8) is 0 Å². The molecular formula is C3H3N3O3. The van der Waals surface area contributed by atoms with E-state index in [0.717, 1.165) is 6.33 Å². The van der Waals surface area contributed by atoms with Gasteiger partial charge in [0, 0.05) is 0 Å². The Balaban J connectivity index is 3.52. The van der Waals surface area contributed by atoms with E-state index < -0.39 is 11.4 Å². The minimum absolute atomic E-state index is 0.0125. The Labute approximate surface area is 48.4 Å². The van der Waals surface area contributed by atoms with Gasteiger partial charge in [-0.25, -0.2) is 19.3 Å². The smallest absolute Gasteiger partial charge is 0.446 e. The zero-order chi connectivity index (χ0) is 6.85.